The number of benzene rings is 2. The van der Waals surface area contributed by atoms with Gasteiger partial charge in [-0.25, -0.2) is 4.39 Å². The Labute approximate surface area is 173 Å². The Balaban J connectivity index is 1.56. The predicted octanol–water partition coefficient (Wildman–Crippen LogP) is 3.76. The summed E-state index contributed by atoms with van der Waals surface area (Å²) in [4.78, 5) is 12.4. The molecule has 6 nitrogen and oxygen atoms in total. The maximum Gasteiger partial charge on any atom is 0.233 e. The van der Waals surface area contributed by atoms with E-state index >= 15 is 0 Å². The Morgan fingerprint density at radius 1 is 1.10 bits per heavy atom. The fourth-order valence-electron chi connectivity index (χ4n) is 2.75. The summed E-state index contributed by atoms with van der Waals surface area (Å²) < 4.78 is 14.6. The standard InChI is InChI=1S/C21H24FN5OS/c1-14(2)17-6-10-19(11-7-17)27-21(24-25-26-27)29-15(3)20(28)23-13-12-16-4-8-18(22)9-5-16/h4-11,14-15H,12-13H2,1-3H3,(H,23,28)/t15-/m1/s1. The Bertz CT molecular complexity index is 940. The molecule has 0 bridgehead atoms. The number of nitrogens with zero attached hydrogens (tertiary/aromatic N) is 4. The maximum absolute atomic E-state index is 12.9. The highest BCUT2D eigenvalue weighted by atomic mass is 32.2. The Kier molecular flexibility index (Phi) is 6.98. The van der Waals surface area contributed by atoms with E-state index in [1.54, 1.807) is 16.8 Å². The molecule has 0 aliphatic rings. The van der Waals surface area contributed by atoms with E-state index in [1.807, 2.05) is 19.1 Å². The molecule has 3 rings (SSSR count). The van der Waals surface area contributed by atoms with Crippen molar-refractivity contribution in [2.75, 3.05) is 6.54 Å². The molecule has 0 aliphatic heterocycles. The van der Waals surface area contributed by atoms with Crippen molar-refractivity contribution in [3.63, 3.8) is 0 Å². The van der Waals surface area contributed by atoms with Crippen molar-refractivity contribution in [2.45, 2.75) is 43.5 Å². The second-order valence-corrected chi connectivity index (χ2v) is 8.36. The molecule has 1 heterocycles. The van der Waals surface area contributed by atoms with E-state index in [4.69, 9.17) is 0 Å². The highest BCUT2D eigenvalue weighted by molar-refractivity contribution is 8.00. The number of halogens is 1. The third-order valence-corrected chi connectivity index (χ3v) is 5.56. The first-order chi connectivity index (χ1) is 13.9. The van der Waals surface area contributed by atoms with Gasteiger partial charge in [-0.15, -0.1) is 5.10 Å². The van der Waals surface area contributed by atoms with Crippen LogP contribution in [-0.2, 0) is 11.2 Å². The summed E-state index contributed by atoms with van der Waals surface area (Å²) in [5.74, 6) is 0.0894. The molecule has 0 fully saturated rings. The summed E-state index contributed by atoms with van der Waals surface area (Å²) in [5, 5.41) is 15.0. The second kappa shape index (κ2) is 9.65. The minimum atomic E-state index is -0.358. The van der Waals surface area contributed by atoms with Gasteiger partial charge < -0.3 is 5.32 Å². The lowest BCUT2D eigenvalue weighted by atomic mass is 10.0. The SMILES string of the molecule is CC(C)c1ccc(-n2nnnc2S[C@H](C)C(=O)NCCc2ccc(F)cc2)cc1. The highest BCUT2D eigenvalue weighted by Crippen LogP contribution is 2.24. The molecule has 1 aromatic heterocycles. The number of nitrogens with one attached hydrogen (secondary N) is 1. The topological polar surface area (TPSA) is 72.7 Å². The van der Waals surface area contributed by atoms with E-state index in [0.29, 0.717) is 24.0 Å². The number of aromatic nitrogens is 4. The van der Waals surface area contributed by atoms with Gasteiger partial charge >= 0.3 is 0 Å². The molecule has 1 atom stereocenters. The third-order valence-electron chi connectivity index (χ3n) is 4.52. The Morgan fingerprint density at radius 3 is 2.45 bits per heavy atom. The fourth-order valence-corrected chi connectivity index (χ4v) is 3.58. The molecule has 152 valence electrons. The third kappa shape index (κ3) is 5.63. The Morgan fingerprint density at radius 2 is 1.79 bits per heavy atom. The second-order valence-electron chi connectivity index (χ2n) is 7.05. The van der Waals surface area contributed by atoms with Crippen LogP contribution in [-0.4, -0.2) is 37.9 Å². The van der Waals surface area contributed by atoms with Crippen LogP contribution in [0.4, 0.5) is 4.39 Å². The van der Waals surface area contributed by atoms with Crippen molar-refractivity contribution in [1.82, 2.24) is 25.5 Å². The molecule has 29 heavy (non-hydrogen) atoms. The smallest absolute Gasteiger partial charge is 0.233 e. The number of rotatable bonds is 8. The van der Waals surface area contributed by atoms with Crippen molar-refractivity contribution >= 4 is 17.7 Å². The highest BCUT2D eigenvalue weighted by Gasteiger charge is 2.19. The van der Waals surface area contributed by atoms with Gasteiger partial charge in [0.1, 0.15) is 5.82 Å². The lowest BCUT2D eigenvalue weighted by Gasteiger charge is -2.12. The van der Waals surface area contributed by atoms with Crippen LogP contribution in [0.1, 0.15) is 37.8 Å². The first kappa shape index (κ1) is 21.0. The molecule has 0 spiro atoms. The molecule has 0 aliphatic carbocycles. The largest absolute Gasteiger partial charge is 0.355 e. The molecule has 8 heteroatoms. The van der Waals surface area contributed by atoms with E-state index in [-0.39, 0.29) is 17.0 Å². The maximum atomic E-state index is 12.9. The van der Waals surface area contributed by atoms with E-state index in [0.717, 1.165) is 11.3 Å². The summed E-state index contributed by atoms with van der Waals surface area (Å²) >= 11 is 1.30. The number of hydrogen-bond donors (Lipinski definition) is 1. The van der Waals surface area contributed by atoms with Crippen LogP contribution in [0.5, 0.6) is 0 Å². The molecule has 0 radical (unpaired) electrons. The molecule has 3 aromatic rings. The molecule has 0 saturated heterocycles. The van der Waals surface area contributed by atoms with Crippen molar-refractivity contribution in [2.24, 2.45) is 0 Å². The van der Waals surface area contributed by atoms with Gasteiger partial charge in [0.25, 0.3) is 0 Å². The molecular formula is C21H24FN5OS. The molecule has 0 unspecified atom stereocenters. The Hall–Kier alpha value is -2.74. The van der Waals surface area contributed by atoms with Crippen LogP contribution < -0.4 is 5.32 Å². The van der Waals surface area contributed by atoms with Crippen LogP contribution in [0.2, 0.25) is 0 Å². The number of hydrogen-bond acceptors (Lipinski definition) is 5. The quantitative estimate of drug-likeness (QED) is 0.569. The summed E-state index contributed by atoms with van der Waals surface area (Å²) in [6, 6.07) is 14.3. The van der Waals surface area contributed by atoms with E-state index in [2.05, 4.69) is 46.8 Å². The van der Waals surface area contributed by atoms with Crippen molar-refractivity contribution in [1.29, 1.82) is 0 Å². The van der Waals surface area contributed by atoms with Crippen LogP contribution in [0.25, 0.3) is 5.69 Å². The summed E-state index contributed by atoms with van der Waals surface area (Å²) in [5.41, 5.74) is 3.07. The number of carbonyl (C=O) groups excluding carboxylic acids is 1. The molecule has 1 amide bonds. The van der Waals surface area contributed by atoms with Gasteiger partial charge in [0.15, 0.2) is 0 Å². The van der Waals surface area contributed by atoms with Crippen molar-refractivity contribution in [3.8, 4) is 5.69 Å². The zero-order valence-corrected chi connectivity index (χ0v) is 17.5. The van der Waals surface area contributed by atoms with Gasteiger partial charge in [-0.3, -0.25) is 4.79 Å². The lowest BCUT2D eigenvalue weighted by Crippen LogP contribution is -2.32. The van der Waals surface area contributed by atoms with Crippen LogP contribution in [0.3, 0.4) is 0 Å². The van der Waals surface area contributed by atoms with Gasteiger partial charge in [0, 0.05) is 6.54 Å². The molecule has 1 N–H and O–H groups in total. The average molecular weight is 414 g/mol. The van der Waals surface area contributed by atoms with E-state index < -0.39 is 0 Å². The first-order valence-corrected chi connectivity index (χ1v) is 10.4. The number of carbonyl (C=O) groups is 1. The molecule has 0 saturated carbocycles. The van der Waals surface area contributed by atoms with Gasteiger partial charge in [-0.2, -0.15) is 4.68 Å². The summed E-state index contributed by atoms with van der Waals surface area (Å²) in [7, 11) is 0. The lowest BCUT2D eigenvalue weighted by molar-refractivity contribution is -0.120. The summed E-state index contributed by atoms with van der Waals surface area (Å²) in [6.07, 6.45) is 0.642. The van der Waals surface area contributed by atoms with Crippen LogP contribution >= 0.6 is 11.8 Å². The average Bonchev–Trinajstić information content (AvgIpc) is 3.17. The number of tetrazole rings is 1. The molecule has 2 aromatic carbocycles. The van der Waals surface area contributed by atoms with Crippen LogP contribution in [0, 0.1) is 5.82 Å². The van der Waals surface area contributed by atoms with Gasteiger partial charge in [-0.05, 0) is 65.1 Å². The monoisotopic (exact) mass is 413 g/mol. The van der Waals surface area contributed by atoms with Crippen LogP contribution in [0.15, 0.2) is 53.7 Å². The zero-order chi connectivity index (χ0) is 20.8. The number of amides is 1. The minimum absolute atomic E-state index is 0.0955. The first-order valence-electron chi connectivity index (χ1n) is 9.51. The van der Waals surface area contributed by atoms with E-state index in [1.165, 1.54) is 29.5 Å². The minimum Gasteiger partial charge on any atom is -0.355 e. The normalized spacial score (nSPS) is 12.2. The predicted molar refractivity (Wildman–Crippen MR) is 112 cm³/mol. The molecular weight excluding hydrogens is 389 g/mol. The fraction of sp³-hybridized carbons (Fsp3) is 0.333. The van der Waals surface area contributed by atoms with Gasteiger partial charge in [0.05, 0.1) is 10.9 Å². The summed E-state index contributed by atoms with van der Waals surface area (Å²) in [6.45, 7) is 6.59. The van der Waals surface area contributed by atoms with E-state index in [9.17, 15) is 9.18 Å². The van der Waals surface area contributed by atoms with Gasteiger partial charge in [0.2, 0.25) is 11.1 Å². The van der Waals surface area contributed by atoms with Gasteiger partial charge in [-0.1, -0.05) is 49.9 Å². The zero-order valence-electron chi connectivity index (χ0n) is 16.7. The number of thioether (sulfide) groups is 1. The van der Waals surface area contributed by atoms with Crippen molar-refractivity contribution in [3.05, 3.63) is 65.5 Å². The van der Waals surface area contributed by atoms with Crippen molar-refractivity contribution < 1.29 is 9.18 Å².